The van der Waals surface area contributed by atoms with Crippen molar-refractivity contribution in [2.45, 2.75) is 6.54 Å². The van der Waals surface area contributed by atoms with Gasteiger partial charge in [0.25, 0.3) is 5.56 Å². The average molecular weight is 398 g/mol. The minimum Gasteiger partial charge on any atom is -0.507 e. The Balaban J connectivity index is 1.80. The van der Waals surface area contributed by atoms with Gasteiger partial charge in [0.2, 0.25) is 0 Å². The molecule has 0 fully saturated rings. The van der Waals surface area contributed by atoms with E-state index >= 15 is 0 Å². The third-order valence-electron chi connectivity index (χ3n) is 4.91. The number of fused-ring (bicyclic) bond motifs is 1. The molecule has 2 aromatic carbocycles. The summed E-state index contributed by atoms with van der Waals surface area (Å²) in [6.07, 6.45) is 4.70. The van der Waals surface area contributed by atoms with E-state index in [2.05, 4.69) is 9.97 Å². The van der Waals surface area contributed by atoms with Crippen molar-refractivity contribution in [1.82, 2.24) is 14.5 Å². The lowest BCUT2D eigenvalue weighted by Crippen LogP contribution is -2.25. The Morgan fingerprint density at radius 3 is 2.50 bits per heavy atom. The van der Waals surface area contributed by atoms with Crippen molar-refractivity contribution in [1.29, 1.82) is 0 Å². The van der Waals surface area contributed by atoms with Gasteiger partial charge in [-0.2, -0.15) is 0 Å². The Morgan fingerprint density at radius 2 is 1.80 bits per heavy atom. The Labute approximate surface area is 174 Å². The van der Waals surface area contributed by atoms with Crippen molar-refractivity contribution in [3.05, 3.63) is 100 Å². The number of aliphatic hydroxyl groups is 1. The van der Waals surface area contributed by atoms with E-state index in [-0.39, 0.29) is 17.0 Å². The number of anilines is 1. The molecule has 0 bridgehead atoms. The van der Waals surface area contributed by atoms with Crippen molar-refractivity contribution < 1.29 is 5.11 Å². The third kappa shape index (κ3) is 3.93. The standard InChI is InChI=1S/C24H22N4O2/c1-27(2)19-10-8-18(9-11-19)23(29)14-21-24(30)28(16-17-6-4-3-5-7-17)22-15-25-13-12-20(22)26-21/h3-15,29H,16H2,1-2H3/b23-14-. The number of hydrogen-bond donors (Lipinski definition) is 1. The Kier molecular flexibility index (Phi) is 5.30. The summed E-state index contributed by atoms with van der Waals surface area (Å²) in [5, 5.41) is 10.6. The first kappa shape index (κ1) is 19.4. The van der Waals surface area contributed by atoms with Crippen LogP contribution in [0.2, 0.25) is 0 Å². The third-order valence-corrected chi connectivity index (χ3v) is 4.91. The van der Waals surface area contributed by atoms with E-state index in [9.17, 15) is 9.90 Å². The number of nitrogens with zero attached hydrogens (tertiary/aromatic N) is 4. The SMILES string of the molecule is CN(C)c1ccc(/C(O)=C/c2nc3ccncc3n(Cc3ccccc3)c2=O)cc1. The maximum Gasteiger partial charge on any atom is 0.277 e. The lowest BCUT2D eigenvalue weighted by molar-refractivity contribution is 0.515. The fraction of sp³-hybridized carbons (Fsp3) is 0.125. The van der Waals surface area contributed by atoms with Gasteiger partial charge in [-0.05, 0) is 35.9 Å². The first-order valence-corrected chi connectivity index (χ1v) is 9.60. The molecule has 4 rings (SSSR count). The lowest BCUT2D eigenvalue weighted by atomic mass is 10.1. The van der Waals surface area contributed by atoms with Gasteiger partial charge in [-0.25, -0.2) is 4.98 Å². The quantitative estimate of drug-likeness (QED) is 0.515. The molecule has 0 saturated heterocycles. The summed E-state index contributed by atoms with van der Waals surface area (Å²) in [5.74, 6) is -0.00965. The van der Waals surface area contributed by atoms with Crippen molar-refractivity contribution in [3.63, 3.8) is 0 Å². The predicted molar refractivity (Wildman–Crippen MR) is 121 cm³/mol. The molecule has 0 aliphatic rings. The molecule has 4 aromatic rings. The monoisotopic (exact) mass is 398 g/mol. The van der Waals surface area contributed by atoms with Crippen LogP contribution in [-0.2, 0) is 6.54 Å². The highest BCUT2D eigenvalue weighted by atomic mass is 16.3. The van der Waals surface area contributed by atoms with Crippen LogP contribution in [0.15, 0.2) is 77.9 Å². The highest BCUT2D eigenvalue weighted by Gasteiger charge is 2.12. The number of rotatable bonds is 5. The van der Waals surface area contributed by atoms with Crippen LogP contribution in [0.5, 0.6) is 0 Å². The second-order valence-corrected chi connectivity index (χ2v) is 7.21. The van der Waals surface area contributed by atoms with Gasteiger partial charge in [0, 0.05) is 37.6 Å². The summed E-state index contributed by atoms with van der Waals surface area (Å²) in [5.41, 5.74) is 3.82. The molecule has 30 heavy (non-hydrogen) atoms. The van der Waals surface area contributed by atoms with Crippen LogP contribution < -0.4 is 10.5 Å². The molecule has 6 heteroatoms. The van der Waals surface area contributed by atoms with Crippen LogP contribution in [-0.4, -0.2) is 33.7 Å². The summed E-state index contributed by atoms with van der Waals surface area (Å²) in [6.45, 7) is 0.392. The van der Waals surface area contributed by atoms with E-state index in [4.69, 9.17) is 0 Å². The molecule has 0 radical (unpaired) electrons. The van der Waals surface area contributed by atoms with Crippen molar-refractivity contribution in [2.75, 3.05) is 19.0 Å². The highest BCUT2D eigenvalue weighted by Crippen LogP contribution is 2.19. The topological polar surface area (TPSA) is 71.2 Å². The summed E-state index contributed by atoms with van der Waals surface area (Å²) in [7, 11) is 3.90. The van der Waals surface area contributed by atoms with Crippen molar-refractivity contribution in [2.24, 2.45) is 0 Å². The van der Waals surface area contributed by atoms with Gasteiger partial charge in [-0.15, -0.1) is 0 Å². The number of aliphatic hydroxyl groups excluding tert-OH is 1. The van der Waals surface area contributed by atoms with Crippen molar-refractivity contribution in [3.8, 4) is 0 Å². The van der Waals surface area contributed by atoms with Gasteiger partial charge >= 0.3 is 0 Å². The van der Waals surface area contributed by atoms with Gasteiger partial charge in [-0.3, -0.25) is 14.3 Å². The average Bonchev–Trinajstić information content (AvgIpc) is 2.77. The molecular weight excluding hydrogens is 376 g/mol. The summed E-state index contributed by atoms with van der Waals surface area (Å²) in [6, 6.07) is 19.0. The van der Waals surface area contributed by atoms with Gasteiger partial charge in [0.05, 0.1) is 23.8 Å². The first-order chi connectivity index (χ1) is 14.5. The van der Waals surface area contributed by atoms with E-state index in [0.29, 0.717) is 23.1 Å². The molecule has 0 unspecified atom stereocenters. The maximum atomic E-state index is 13.2. The fourth-order valence-corrected chi connectivity index (χ4v) is 3.27. The zero-order valence-corrected chi connectivity index (χ0v) is 16.9. The lowest BCUT2D eigenvalue weighted by Gasteiger charge is -2.13. The molecule has 150 valence electrons. The molecule has 0 atom stereocenters. The van der Waals surface area contributed by atoms with Crippen LogP contribution >= 0.6 is 0 Å². The first-order valence-electron chi connectivity index (χ1n) is 9.60. The smallest absolute Gasteiger partial charge is 0.277 e. The zero-order chi connectivity index (χ0) is 21.1. The zero-order valence-electron chi connectivity index (χ0n) is 16.9. The molecule has 0 aliphatic heterocycles. The summed E-state index contributed by atoms with van der Waals surface area (Å²) >= 11 is 0. The van der Waals surface area contributed by atoms with Crippen LogP contribution in [0.1, 0.15) is 16.8 Å². The highest BCUT2D eigenvalue weighted by molar-refractivity contribution is 5.79. The van der Waals surface area contributed by atoms with Gasteiger partial charge < -0.3 is 10.0 Å². The van der Waals surface area contributed by atoms with E-state index in [1.165, 1.54) is 6.08 Å². The van der Waals surface area contributed by atoms with E-state index in [0.717, 1.165) is 11.3 Å². The van der Waals surface area contributed by atoms with E-state index in [1.54, 1.807) is 23.0 Å². The second kappa shape index (κ2) is 8.21. The van der Waals surface area contributed by atoms with E-state index in [1.807, 2.05) is 73.6 Å². The van der Waals surface area contributed by atoms with Crippen LogP contribution in [0, 0.1) is 0 Å². The molecular formula is C24H22N4O2. The van der Waals surface area contributed by atoms with Gasteiger partial charge in [0.1, 0.15) is 11.5 Å². The molecule has 0 saturated carbocycles. The van der Waals surface area contributed by atoms with Crippen LogP contribution in [0.3, 0.4) is 0 Å². The van der Waals surface area contributed by atoms with Crippen molar-refractivity contribution >= 4 is 28.6 Å². The molecule has 0 aliphatic carbocycles. The second-order valence-electron chi connectivity index (χ2n) is 7.21. The molecule has 6 nitrogen and oxygen atoms in total. The molecule has 0 spiro atoms. The molecule has 1 N–H and O–H groups in total. The van der Waals surface area contributed by atoms with Gasteiger partial charge in [0.15, 0.2) is 0 Å². The minimum absolute atomic E-state index is 0.00965. The number of benzene rings is 2. The number of hydrogen-bond acceptors (Lipinski definition) is 5. The summed E-state index contributed by atoms with van der Waals surface area (Å²) < 4.78 is 1.64. The van der Waals surface area contributed by atoms with Gasteiger partial charge in [-0.1, -0.05) is 30.3 Å². The fourth-order valence-electron chi connectivity index (χ4n) is 3.27. The predicted octanol–water partition coefficient (Wildman–Crippen LogP) is 3.96. The van der Waals surface area contributed by atoms with E-state index < -0.39 is 0 Å². The van der Waals surface area contributed by atoms with Crippen LogP contribution in [0.25, 0.3) is 22.9 Å². The molecule has 2 heterocycles. The Morgan fingerprint density at radius 1 is 1.07 bits per heavy atom. The normalized spacial score (nSPS) is 11.6. The number of pyridine rings is 1. The molecule has 2 aromatic heterocycles. The Bertz CT molecular complexity index is 1260. The molecule has 0 amide bonds. The number of aromatic nitrogens is 3. The summed E-state index contributed by atoms with van der Waals surface area (Å²) in [4.78, 5) is 23.8. The Hall–Kier alpha value is -3.93. The largest absolute Gasteiger partial charge is 0.507 e. The maximum absolute atomic E-state index is 13.2. The minimum atomic E-state index is -0.282. The van der Waals surface area contributed by atoms with Crippen LogP contribution in [0.4, 0.5) is 5.69 Å².